The Balaban J connectivity index is 1.86. The van der Waals surface area contributed by atoms with Gasteiger partial charge in [0.25, 0.3) is 5.91 Å². The summed E-state index contributed by atoms with van der Waals surface area (Å²) in [7, 11) is 0. The lowest BCUT2D eigenvalue weighted by Gasteiger charge is -2.07. The lowest BCUT2D eigenvalue weighted by atomic mass is 10.2. The first kappa shape index (κ1) is 15.5. The average Bonchev–Trinajstić information content (AvgIpc) is 2.85. The van der Waals surface area contributed by atoms with Gasteiger partial charge in [-0.1, -0.05) is 35.9 Å². The predicted octanol–water partition coefficient (Wildman–Crippen LogP) is 4.77. The highest BCUT2D eigenvalue weighted by molar-refractivity contribution is 7.21. The van der Waals surface area contributed by atoms with E-state index in [0.29, 0.717) is 21.3 Å². The van der Waals surface area contributed by atoms with E-state index >= 15 is 0 Å². The molecule has 0 saturated heterocycles. The molecule has 2 aromatic carbocycles. The molecule has 0 aliphatic carbocycles. The van der Waals surface area contributed by atoms with Crippen molar-refractivity contribution < 1.29 is 9.59 Å². The second-order valence-corrected chi connectivity index (χ2v) is 6.39. The van der Waals surface area contributed by atoms with Crippen molar-refractivity contribution in [1.82, 2.24) is 0 Å². The summed E-state index contributed by atoms with van der Waals surface area (Å²) < 4.78 is 0.967. The zero-order valence-corrected chi connectivity index (χ0v) is 13.8. The molecule has 0 atom stereocenters. The molecule has 0 bridgehead atoms. The lowest BCUT2D eigenvalue weighted by Crippen LogP contribution is -2.11. The van der Waals surface area contributed by atoms with E-state index < -0.39 is 0 Å². The fourth-order valence-electron chi connectivity index (χ4n) is 2.23. The third-order valence-corrected chi connectivity index (χ3v) is 4.86. The molecular formula is C17H13ClN2O2S. The lowest BCUT2D eigenvalue weighted by molar-refractivity contribution is -0.114. The Morgan fingerprint density at radius 3 is 2.39 bits per heavy atom. The van der Waals surface area contributed by atoms with Gasteiger partial charge in [-0.3, -0.25) is 9.59 Å². The van der Waals surface area contributed by atoms with E-state index in [9.17, 15) is 9.59 Å². The maximum atomic E-state index is 12.5. The average molecular weight is 345 g/mol. The number of hydrogen-bond acceptors (Lipinski definition) is 3. The van der Waals surface area contributed by atoms with Gasteiger partial charge < -0.3 is 10.6 Å². The quantitative estimate of drug-likeness (QED) is 0.719. The maximum Gasteiger partial charge on any atom is 0.267 e. The molecule has 1 aromatic heterocycles. The minimum atomic E-state index is -0.267. The Morgan fingerprint density at radius 1 is 1.00 bits per heavy atom. The van der Waals surface area contributed by atoms with Crippen LogP contribution >= 0.6 is 22.9 Å². The molecule has 0 saturated carbocycles. The highest BCUT2D eigenvalue weighted by Crippen LogP contribution is 2.35. The Labute approximate surface area is 142 Å². The third-order valence-electron chi connectivity index (χ3n) is 3.18. The molecule has 0 unspecified atom stereocenters. The maximum absolute atomic E-state index is 12.5. The number of rotatable bonds is 3. The molecule has 3 rings (SSSR count). The summed E-state index contributed by atoms with van der Waals surface area (Å²) in [4.78, 5) is 24.0. The fourth-order valence-corrected chi connectivity index (χ4v) is 3.64. The van der Waals surface area contributed by atoms with E-state index in [1.54, 1.807) is 24.3 Å². The van der Waals surface area contributed by atoms with Crippen LogP contribution in [0.15, 0.2) is 48.5 Å². The summed E-state index contributed by atoms with van der Waals surface area (Å²) in [6.07, 6.45) is 0. The second kappa shape index (κ2) is 6.40. The van der Waals surface area contributed by atoms with E-state index in [1.165, 1.54) is 18.3 Å². The molecule has 4 nitrogen and oxygen atoms in total. The fraction of sp³-hybridized carbons (Fsp3) is 0.0588. The number of thiophene rings is 1. The Bertz CT molecular complexity index is 904. The number of carbonyl (C=O) groups excluding carboxylic acids is 2. The Hall–Kier alpha value is -2.37. The monoisotopic (exact) mass is 344 g/mol. The van der Waals surface area contributed by atoms with E-state index in [-0.39, 0.29) is 11.8 Å². The van der Waals surface area contributed by atoms with Crippen molar-refractivity contribution >= 4 is 56.2 Å². The van der Waals surface area contributed by atoms with Crippen LogP contribution in [0.3, 0.4) is 0 Å². The summed E-state index contributed by atoms with van der Waals surface area (Å²) in [5, 5.41) is 6.82. The highest BCUT2D eigenvalue weighted by Gasteiger charge is 2.17. The standard InChI is InChI=1S/C17H13ClN2O2S/c1-10(21)19-11-5-4-6-12(9-11)20-17(22)16-15(18)13-7-2-3-8-14(13)23-16/h2-9H,1H3,(H,19,21)(H,20,22). The predicted molar refractivity (Wildman–Crippen MR) is 95.5 cm³/mol. The summed E-state index contributed by atoms with van der Waals surface area (Å²) in [5.41, 5.74) is 1.22. The van der Waals surface area contributed by atoms with E-state index in [2.05, 4.69) is 10.6 Å². The minimum absolute atomic E-state index is 0.166. The molecule has 23 heavy (non-hydrogen) atoms. The number of hydrogen-bond donors (Lipinski definition) is 2. The van der Waals surface area contributed by atoms with Crippen LogP contribution in [-0.2, 0) is 4.79 Å². The normalized spacial score (nSPS) is 10.5. The smallest absolute Gasteiger partial charge is 0.267 e. The Morgan fingerprint density at radius 2 is 1.70 bits per heavy atom. The van der Waals surface area contributed by atoms with Crippen LogP contribution in [0, 0.1) is 0 Å². The van der Waals surface area contributed by atoms with Gasteiger partial charge in [0, 0.05) is 28.4 Å². The number of amides is 2. The van der Waals surface area contributed by atoms with Crippen molar-refractivity contribution in [2.75, 3.05) is 10.6 Å². The summed E-state index contributed by atoms with van der Waals surface area (Å²) >= 11 is 7.66. The van der Waals surface area contributed by atoms with Gasteiger partial charge >= 0.3 is 0 Å². The molecule has 0 spiro atoms. The van der Waals surface area contributed by atoms with Gasteiger partial charge in [0.05, 0.1) is 5.02 Å². The van der Waals surface area contributed by atoms with Gasteiger partial charge in [-0.15, -0.1) is 11.3 Å². The molecular weight excluding hydrogens is 332 g/mol. The van der Waals surface area contributed by atoms with E-state index in [1.807, 2.05) is 24.3 Å². The van der Waals surface area contributed by atoms with Crippen molar-refractivity contribution in [3.05, 3.63) is 58.4 Å². The molecule has 0 aliphatic rings. The van der Waals surface area contributed by atoms with Gasteiger partial charge in [-0.05, 0) is 24.3 Å². The first-order chi connectivity index (χ1) is 11.0. The van der Waals surface area contributed by atoms with Crippen molar-refractivity contribution in [1.29, 1.82) is 0 Å². The molecule has 0 aliphatic heterocycles. The molecule has 0 radical (unpaired) electrons. The van der Waals surface area contributed by atoms with Crippen LogP contribution in [0.5, 0.6) is 0 Å². The van der Waals surface area contributed by atoms with Crippen molar-refractivity contribution in [2.45, 2.75) is 6.92 Å². The zero-order chi connectivity index (χ0) is 16.4. The SMILES string of the molecule is CC(=O)Nc1cccc(NC(=O)c2sc3ccccc3c2Cl)c1. The summed E-state index contributed by atoms with van der Waals surface area (Å²) in [6, 6.07) is 14.6. The van der Waals surface area contributed by atoms with E-state index in [0.717, 1.165) is 10.1 Å². The Kier molecular flexibility index (Phi) is 4.32. The van der Waals surface area contributed by atoms with Gasteiger partial charge in [0.1, 0.15) is 4.88 Å². The van der Waals surface area contributed by atoms with Crippen molar-refractivity contribution in [2.24, 2.45) is 0 Å². The molecule has 0 fully saturated rings. The van der Waals surface area contributed by atoms with Crippen LogP contribution in [0.25, 0.3) is 10.1 Å². The van der Waals surface area contributed by atoms with Crippen LogP contribution in [-0.4, -0.2) is 11.8 Å². The number of halogens is 1. The van der Waals surface area contributed by atoms with Crippen LogP contribution < -0.4 is 10.6 Å². The van der Waals surface area contributed by atoms with Gasteiger partial charge in [-0.2, -0.15) is 0 Å². The van der Waals surface area contributed by atoms with Crippen molar-refractivity contribution in [3.63, 3.8) is 0 Å². The molecule has 116 valence electrons. The summed E-state index contributed by atoms with van der Waals surface area (Å²) in [5.74, 6) is -0.433. The number of carbonyl (C=O) groups is 2. The van der Waals surface area contributed by atoms with Gasteiger partial charge in [-0.25, -0.2) is 0 Å². The molecule has 2 amide bonds. The number of nitrogens with one attached hydrogen (secondary N) is 2. The first-order valence-corrected chi connectivity index (χ1v) is 8.10. The zero-order valence-electron chi connectivity index (χ0n) is 12.2. The number of anilines is 2. The van der Waals surface area contributed by atoms with Crippen molar-refractivity contribution in [3.8, 4) is 0 Å². The van der Waals surface area contributed by atoms with Gasteiger partial charge in [0.2, 0.25) is 5.91 Å². The molecule has 1 heterocycles. The minimum Gasteiger partial charge on any atom is -0.326 e. The topological polar surface area (TPSA) is 58.2 Å². The first-order valence-electron chi connectivity index (χ1n) is 6.90. The van der Waals surface area contributed by atoms with Crippen LogP contribution in [0.1, 0.15) is 16.6 Å². The highest BCUT2D eigenvalue weighted by atomic mass is 35.5. The summed E-state index contributed by atoms with van der Waals surface area (Å²) in [6.45, 7) is 1.43. The number of fused-ring (bicyclic) bond motifs is 1. The second-order valence-electron chi connectivity index (χ2n) is 4.96. The number of benzene rings is 2. The van der Waals surface area contributed by atoms with E-state index in [4.69, 9.17) is 11.6 Å². The molecule has 3 aromatic rings. The molecule has 2 N–H and O–H groups in total. The van der Waals surface area contributed by atoms with Gasteiger partial charge in [0.15, 0.2) is 0 Å². The third kappa shape index (κ3) is 3.36. The van der Waals surface area contributed by atoms with Crippen LogP contribution in [0.2, 0.25) is 5.02 Å². The largest absolute Gasteiger partial charge is 0.326 e. The molecule has 6 heteroatoms. The van der Waals surface area contributed by atoms with Crippen LogP contribution in [0.4, 0.5) is 11.4 Å².